The predicted octanol–water partition coefficient (Wildman–Crippen LogP) is 5.89. The minimum atomic E-state index is 0.201. The lowest BCUT2D eigenvalue weighted by molar-refractivity contribution is 0.0957. The lowest BCUT2D eigenvalue weighted by Gasteiger charge is -2.13. The van der Waals surface area contributed by atoms with Crippen LogP contribution in [0.4, 0.5) is 0 Å². The summed E-state index contributed by atoms with van der Waals surface area (Å²) in [5.74, 6) is 0.701. The van der Waals surface area contributed by atoms with E-state index in [2.05, 4.69) is 29.8 Å². The van der Waals surface area contributed by atoms with E-state index >= 15 is 0 Å². The van der Waals surface area contributed by atoms with Crippen molar-refractivity contribution in [2.75, 3.05) is 0 Å². The Morgan fingerprint density at radius 1 is 1.39 bits per heavy atom. The summed E-state index contributed by atoms with van der Waals surface area (Å²) in [7, 11) is 0. The Morgan fingerprint density at radius 3 is 2.67 bits per heavy atom. The molecule has 1 nitrogen and oxygen atoms in total. The molecule has 18 heavy (non-hydrogen) atoms. The highest BCUT2D eigenvalue weighted by molar-refractivity contribution is 9.10. The van der Waals surface area contributed by atoms with Gasteiger partial charge < -0.3 is 0 Å². The molecule has 1 unspecified atom stereocenters. The molecular formula is C15H20BrClO. The van der Waals surface area contributed by atoms with Crippen molar-refractivity contribution in [3.63, 3.8) is 0 Å². The van der Waals surface area contributed by atoms with Crippen LogP contribution in [0.25, 0.3) is 0 Å². The molecule has 100 valence electrons. The molecule has 0 aliphatic heterocycles. The van der Waals surface area contributed by atoms with Crippen LogP contribution in [-0.2, 0) is 0 Å². The van der Waals surface area contributed by atoms with Gasteiger partial charge in [0.05, 0.1) is 5.02 Å². The van der Waals surface area contributed by atoms with Crippen molar-refractivity contribution in [2.45, 2.75) is 46.0 Å². The summed E-state index contributed by atoms with van der Waals surface area (Å²) in [5, 5.41) is 0.599. The summed E-state index contributed by atoms with van der Waals surface area (Å²) < 4.78 is 0.832. The lowest BCUT2D eigenvalue weighted by Crippen LogP contribution is -2.08. The first-order chi connectivity index (χ1) is 8.58. The number of Topliss-reactive ketones (excluding diaryl/α,β-unsaturated/α-hetero) is 1. The van der Waals surface area contributed by atoms with E-state index in [1.807, 2.05) is 12.1 Å². The molecule has 0 N–H and O–H groups in total. The maximum Gasteiger partial charge on any atom is 0.163 e. The third-order valence-corrected chi connectivity index (χ3v) is 4.49. The molecule has 0 saturated heterocycles. The zero-order valence-corrected chi connectivity index (χ0v) is 13.4. The topological polar surface area (TPSA) is 17.1 Å². The highest BCUT2D eigenvalue weighted by Gasteiger charge is 2.14. The maximum atomic E-state index is 12.2. The number of hydrogen-bond donors (Lipinski definition) is 0. The van der Waals surface area contributed by atoms with Gasteiger partial charge in [-0.05, 0) is 34.0 Å². The third kappa shape index (κ3) is 4.74. The number of ketones is 1. The smallest absolute Gasteiger partial charge is 0.163 e. The number of halogens is 2. The van der Waals surface area contributed by atoms with Crippen LogP contribution < -0.4 is 0 Å². The molecule has 1 atom stereocenters. The average molecular weight is 332 g/mol. The first-order valence-corrected chi connectivity index (χ1v) is 7.73. The first-order valence-electron chi connectivity index (χ1n) is 6.56. The van der Waals surface area contributed by atoms with E-state index in [0.717, 1.165) is 22.9 Å². The Bertz CT molecular complexity index is 403. The minimum Gasteiger partial charge on any atom is -0.294 e. The Labute approximate surface area is 123 Å². The molecule has 1 aromatic rings. The highest BCUT2D eigenvalue weighted by Crippen LogP contribution is 2.25. The predicted molar refractivity (Wildman–Crippen MR) is 81.4 cm³/mol. The van der Waals surface area contributed by atoms with Crippen molar-refractivity contribution in [3.8, 4) is 0 Å². The zero-order valence-electron chi connectivity index (χ0n) is 11.0. The van der Waals surface area contributed by atoms with E-state index in [0.29, 0.717) is 17.4 Å². The Kier molecular flexibility index (Phi) is 6.95. The van der Waals surface area contributed by atoms with Crippen LogP contribution in [0.2, 0.25) is 5.02 Å². The number of carbonyl (C=O) groups excluding carboxylic acids is 1. The van der Waals surface area contributed by atoms with Gasteiger partial charge in [0.25, 0.3) is 0 Å². The van der Waals surface area contributed by atoms with Gasteiger partial charge in [-0.15, -0.1) is 0 Å². The summed E-state index contributed by atoms with van der Waals surface area (Å²) in [4.78, 5) is 12.2. The van der Waals surface area contributed by atoms with Gasteiger partial charge in [0, 0.05) is 16.5 Å². The van der Waals surface area contributed by atoms with E-state index < -0.39 is 0 Å². The van der Waals surface area contributed by atoms with E-state index in [-0.39, 0.29) is 5.78 Å². The van der Waals surface area contributed by atoms with Crippen molar-refractivity contribution >= 4 is 33.3 Å². The summed E-state index contributed by atoms with van der Waals surface area (Å²) in [6.07, 6.45) is 5.23. The molecule has 0 aliphatic carbocycles. The summed E-state index contributed by atoms with van der Waals surface area (Å²) >= 11 is 9.35. The zero-order chi connectivity index (χ0) is 13.5. The van der Waals surface area contributed by atoms with Gasteiger partial charge in [0.2, 0.25) is 0 Å². The summed E-state index contributed by atoms with van der Waals surface area (Å²) in [5.41, 5.74) is 0.721. The molecule has 3 heteroatoms. The fourth-order valence-corrected chi connectivity index (χ4v) is 2.42. The molecule has 0 aromatic heterocycles. The molecule has 0 spiro atoms. The standard InChI is InChI=1S/C15H20BrClO/c1-3-5-6-11(4-2)9-15(18)12-7-8-13(16)14(17)10-12/h7-8,10-11H,3-6,9H2,1-2H3. The molecule has 0 aliphatic rings. The third-order valence-electron chi connectivity index (χ3n) is 3.26. The molecule has 0 radical (unpaired) electrons. The van der Waals surface area contributed by atoms with Gasteiger partial charge in [-0.2, -0.15) is 0 Å². The second-order valence-electron chi connectivity index (χ2n) is 4.67. The van der Waals surface area contributed by atoms with Crippen LogP contribution in [0.1, 0.15) is 56.3 Å². The van der Waals surface area contributed by atoms with Crippen molar-refractivity contribution < 1.29 is 4.79 Å². The second kappa shape index (κ2) is 7.96. The van der Waals surface area contributed by atoms with Crippen LogP contribution in [-0.4, -0.2) is 5.78 Å². The Hall–Kier alpha value is -0.340. The van der Waals surface area contributed by atoms with Gasteiger partial charge >= 0.3 is 0 Å². The lowest BCUT2D eigenvalue weighted by atomic mass is 9.91. The molecule has 0 saturated carbocycles. The first kappa shape index (κ1) is 15.7. The summed E-state index contributed by atoms with van der Waals surface area (Å²) in [6, 6.07) is 5.42. The van der Waals surface area contributed by atoms with Gasteiger partial charge in [-0.3, -0.25) is 4.79 Å². The molecule has 1 rings (SSSR count). The largest absolute Gasteiger partial charge is 0.294 e. The average Bonchev–Trinajstić information content (AvgIpc) is 2.37. The van der Waals surface area contributed by atoms with Crippen molar-refractivity contribution in [1.29, 1.82) is 0 Å². The highest BCUT2D eigenvalue weighted by atomic mass is 79.9. The number of carbonyl (C=O) groups is 1. The van der Waals surface area contributed by atoms with Crippen LogP contribution in [0.3, 0.4) is 0 Å². The molecule has 0 heterocycles. The van der Waals surface area contributed by atoms with Crippen molar-refractivity contribution in [3.05, 3.63) is 33.3 Å². The second-order valence-corrected chi connectivity index (χ2v) is 5.93. The minimum absolute atomic E-state index is 0.201. The van der Waals surface area contributed by atoms with Crippen LogP contribution in [0.15, 0.2) is 22.7 Å². The van der Waals surface area contributed by atoms with E-state index in [4.69, 9.17) is 11.6 Å². The van der Waals surface area contributed by atoms with Crippen LogP contribution in [0.5, 0.6) is 0 Å². The fourth-order valence-electron chi connectivity index (χ4n) is 1.99. The Morgan fingerprint density at radius 2 is 2.11 bits per heavy atom. The van der Waals surface area contributed by atoms with E-state index in [1.165, 1.54) is 12.8 Å². The summed E-state index contributed by atoms with van der Waals surface area (Å²) in [6.45, 7) is 4.34. The number of hydrogen-bond acceptors (Lipinski definition) is 1. The quantitative estimate of drug-likeness (QED) is 0.569. The van der Waals surface area contributed by atoms with Crippen LogP contribution >= 0.6 is 27.5 Å². The molecule has 0 amide bonds. The van der Waals surface area contributed by atoms with Crippen molar-refractivity contribution in [2.24, 2.45) is 5.92 Å². The maximum absolute atomic E-state index is 12.2. The molecule has 0 bridgehead atoms. The van der Waals surface area contributed by atoms with Crippen molar-refractivity contribution in [1.82, 2.24) is 0 Å². The SMILES string of the molecule is CCCCC(CC)CC(=O)c1ccc(Br)c(Cl)c1. The van der Waals surface area contributed by atoms with Gasteiger partial charge in [0.15, 0.2) is 5.78 Å². The molecule has 1 aromatic carbocycles. The number of rotatable bonds is 7. The van der Waals surface area contributed by atoms with Gasteiger partial charge in [-0.25, -0.2) is 0 Å². The van der Waals surface area contributed by atoms with Gasteiger partial charge in [0.1, 0.15) is 0 Å². The monoisotopic (exact) mass is 330 g/mol. The number of benzene rings is 1. The fraction of sp³-hybridized carbons (Fsp3) is 0.533. The Balaban J connectivity index is 2.65. The van der Waals surface area contributed by atoms with E-state index in [1.54, 1.807) is 6.07 Å². The molecular weight excluding hydrogens is 312 g/mol. The molecule has 0 fully saturated rings. The number of unbranched alkanes of at least 4 members (excludes halogenated alkanes) is 1. The normalized spacial score (nSPS) is 12.4. The van der Waals surface area contributed by atoms with Gasteiger partial charge in [-0.1, -0.05) is 57.2 Å². The van der Waals surface area contributed by atoms with E-state index in [9.17, 15) is 4.79 Å². The van der Waals surface area contributed by atoms with Crippen LogP contribution in [0, 0.1) is 5.92 Å².